The second-order valence-corrected chi connectivity index (χ2v) is 5.83. The molecule has 0 aliphatic carbocycles. The van der Waals surface area contributed by atoms with Crippen molar-refractivity contribution < 1.29 is 23.8 Å². The molecule has 2 aliphatic rings. The van der Waals surface area contributed by atoms with E-state index in [1.165, 1.54) is 24.0 Å². The number of ether oxygens (including phenoxy) is 1. The number of likely N-dealkylation sites (tertiary alicyclic amines) is 1. The van der Waals surface area contributed by atoms with E-state index in [1.807, 2.05) is 0 Å². The first kappa shape index (κ1) is 14.8. The van der Waals surface area contributed by atoms with Crippen LogP contribution in [0.2, 0.25) is 5.02 Å². The van der Waals surface area contributed by atoms with Crippen molar-refractivity contribution in [3.63, 3.8) is 0 Å². The van der Waals surface area contributed by atoms with Crippen LogP contribution >= 0.6 is 11.6 Å². The third-order valence-corrected chi connectivity index (χ3v) is 4.15. The van der Waals surface area contributed by atoms with E-state index in [4.69, 9.17) is 16.3 Å². The molecule has 116 valence electrons. The minimum Gasteiger partial charge on any atom is -0.501 e. The summed E-state index contributed by atoms with van der Waals surface area (Å²) < 4.78 is 19.6. The Morgan fingerprint density at radius 2 is 2.14 bits per heavy atom. The highest BCUT2D eigenvalue weighted by atomic mass is 35.5. The summed E-state index contributed by atoms with van der Waals surface area (Å²) in [5.41, 5.74) is -1.84. The maximum Gasteiger partial charge on any atom is 0.250 e. The zero-order valence-electron chi connectivity index (χ0n) is 11.7. The average molecular weight is 326 g/mol. The van der Waals surface area contributed by atoms with Gasteiger partial charge in [0.25, 0.3) is 5.78 Å². The van der Waals surface area contributed by atoms with E-state index < -0.39 is 23.0 Å². The van der Waals surface area contributed by atoms with Crippen molar-refractivity contribution in [2.45, 2.75) is 25.4 Å². The van der Waals surface area contributed by atoms with Crippen LogP contribution in [0, 0.1) is 5.82 Å². The molecule has 1 fully saturated rings. The number of rotatable bonds is 2. The zero-order chi connectivity index (χ0) is 16.1. The van der Waals surface area contributed by atoms with Crippen LogP contribution in [-0.2, 0) is 19.9 Å². The number of nitrogens with zero attached hydrogens (tertiary/aromatic N) is 1. The molecule has 0 spiro atoms. The predicted octanol–water partition coefficient (Wildman–Crippen LogP) is 2.64. The Kier molecular flexibility index (Phi) is 3.36. The lowest BCUT2D eigenvalue weighted by atomic mass is 9.91. The lowest BCUT2D eigenvalue weighted by molar-refractivity contribution is -0.137. The van der Waals surface area contributed by atoms with Gasteiger partial charge in [-0.25, -0.2) is 4.39 Å². The lowest BCUT2D eigenvalue weighted by Crippen LogP contribution is -2.33. The van der Waals surface area contributed by atoms with E-state index in [-0.39, 0.29) is 22.4 Å². The molecule has 0 radical (unpaired) electrons. The van der Waals surface area contributed by atoms with Crippen molar-refractivity contribution in [1.29, 1.82) is 0 Å². The quantitative estimate of drug-likeness (QED) is 0.907. The first-order valence-corrected chi connectivity index (χ1v) is 7.15. The average Bonchev–Trinajstić information content (AvgIpc) is 2.99. The van der Waals surface area contributed by atoms with Crippen molar-refractivity contribution in [2.75, 3.05) is 6.54 Å². The van der Waals surface area contributed by atoms with Crippen LogP contribution in [0.25, 0.3) is 0 Å². The van der Waals surface area contributed by atoms with E-state index in [0.717, 1.165) is 6.07 Å². The lowest BCUT2D eigenvalue weighted by Gasteiger charge is -2.26. The molecule has 5 nitrogen and oxygen atoms in total. The number of halogens is 2. The molecule has 2 aliphatic heterocycles. The third-order valence-electron chi connectivity index (χ3n) is 3.91. The monoisotopic (exact) mass is 325 g/mol. The smallest absolute Gasteiger partial charge is 0.250 e. The number of amides is 1. The first-order chi connectivity index (χ1) is 10.3. The molecule has 1 N–H and O–H groups in total. The number of ketones is 1. The SMILES string of the molecule is CC1(c2cc(Cl)ccc2F)OC(N2CCCC2=O)=C(O)C1=O. The van der Waals surface area contributed by atoms with Gasteiger partial charge < -0.3 is 9.84 Å². The fourth-order valence-corrected chi connectivity index (χ4v) is 2.87. The highest BCUT2D eigenvalue weighted by molar-refractivity contribution is 6.30. The number of hydrogen-bond acceptors (Lipinski definition) is 4. The number of Topliss-reactive ketones (excluding diaryl/α,β-unsaturated/α-hetero) is 1. The highest BCUT2D eigenvalue weighted by Crippen LogP contribution is 2.41. The molecular formula is C15H13ClFNO4. The molecule has 1 aromatic rings. The summed E-state index contributed by atoms with van der Waals surface area (Å²) in [6.45, 7) is 1.69. The summed E-state index contributed by atoms with van der Waals surface area (Å²) in [6, 6.07) is 3.74. The van der Waals surface area contributed by atoms with Gasteiger partial charge in [0.05, 0.1) is 0 Å². The minimum atomic E-state index is -1.75. The number of hydrogen-bond donors (Lipinski definition) is 1. The Balaban J connectivity index is 2.03. The second kappa shape index (κ2) is 4.98. The maximum absolute atomic E-state index is 14.1. The van der Waals surface area contributed by atoms with Gasteiger partial charge in [-0.3, -0.25) is 14.5 Å². The number of carbonyl (C=O) groups is 2. The summed E-state index contributed by atoms with van der Waals surface area (Å²) >= 11 is 5.85. The molecule has 0 saturated carbocycles. The van der Waals surface area contributed by atoms with Crippen LogP contribution in [0.5, 0.6) is 0 Å². The van der Waals surface area contributed by atoms with Gasteiger partial charge in [-0.05, 0) is 31.5 Å². The maximum atomic E-state index is 14.1. The number of aliphatic hydroxyl groups excluding tert-OH is 1. The van der Waals surface area contributed by atoms with E-state index in [2.05, 4.69) is 0 Å². The Morgan fingerprint density at radius 3 is 2.77 bits per heavy atom. The number of aliphatic hydroxyl groups is 1. The summed E-state index contributed by atoms with van der Waals surface area (Å²) in [7, 11) is 0. The van der Waals surface area contributed by atoms with Gasteiger partial charge in [0, 0.05) is 23.6 Å². The molecule has 1 saturated heterocycles. The standard InChI is InChI=1S/C15H13ClFNO4/c1-15(9-7-8(16)4-5-10(9)17)13(21)12(20)14(22-15)18-6-2-3-11(18)19/h4-5,7,20H,2-3,6H2,1H3. The van der Waals surface area contributed by atoms with Crippen molar-refractivity contribution in [2.24, 2.45) is 0 Å². The summed E-state index contributed by atoms with van der Waals surface area (Å²) in [5, 5.41) is 10.3. The molecular weight excluding hydrogens is 313 g/mol. The van der Waals surface area contributed by atoms with Crippen molar-refractivity contribution in [1.82, 2.24) is 4.90 Å². The van der Waals surface area contributed by atoms with E-state index in [0.29, 0.717) is 19.4 Å². The first-order valence-electron chi connectivity index (χ1n) is 6.77. The Hall–Kier alpha value is -2.08. The van der Waals surface area contributed by atoms with Crippen LogP contribution in [0.1, 0.15) is 25.3 Å². The zero-order valence-corrected chi connectivity index (χ0v) is 12.5. The van der Waals surface area contributed by atoms with Gasteiger partial charge >= 0.3 is 0 Å². The molecule has 1 atom stereocenters. The Labute approximate surface area is 130 Å². The molecule has 0 aromatic heterocycles. The van der Waals surface area contributed by atoms with E-state index in [1.54, 1.807) is 0 Å². The van der Waals surface area contributed by atoms with Gasteiger partial charge in [0.15, 0.2) is 0 Å². The molecule has 3 rings (SSSR count). The van der Waals surface area contributed by atoms with Gasteiger partial charge in [-0.2, -0.15) is 0 Å². The van der Waals surface area contributed by atoms with Crippen LogP contribution in [0.4, 0.5) is 4.39 Å². The molecule has 1 amide bonds. The molecule has 1 aromatic carbocycles. The Bertz CT molecular complexity index is 717. The Morgan fingerprint density at radius 1 is 1.41 bits per heavy atom. The number of carbonyl (C=O) groups excluding carboxylic acids is 2. The largest absolute Gasteiger partial charge is 0.501 e. The van der Waals surface area contributed by atoms with Crippen LogP contribution < -0.4 is 0 Å². The predicted molar refractivity (Wildman–Crippen MR) is 75.5 cm³/mol. The van der Waals surface area contributed by atoms with Crippen LogP contribution in [-0.4, -0.2) is 28.2 Å². The van der Waals surface area contributed by atoms with Crippen LogP contribution in [0.15, 0.2) is 29.8 Å². The minimum absolute atomic E-state index is 0.0850. The van der Waals surface area contributed by atoms with Gasteiger partial charge in [-0.1, -0.05) is 11.6 Å². The van der Waals surface area contributed by atoms with Gasteiger partial charge in [-0.15, -0.1) is 0 Å². The summed E-state index contributed by atoms with van der Waals surface area (Å²) in [6.07, 6.45) is 0.923. The molecule has 2 heterocycles. The van der Waals surface area contributed by atoms with Crippen LogP contribution in [0.3, 0.4) is 0 Å². The summed E-state index contributed by atoms with van der Waals surface area (Å²) in [5.74, 6) is -2.61. The van der Waals surface area contributed by atoms with Crippen molar-refractivity contribution in [3.8, 4) is 0 Å². The highest BCUT2D eigenvalue weighted by Gasteiger charge is 2.51. The fourth-order valence-electron chi connectivity index (χ4n) is 2.70. The topological polar surface area (TPSA) is 66.8 Å². The number of benzene rings is 1. The van der Waals surface area contributed by atoms with Crippen molar-refractivity contribution >= 4 is 23.3 Å². The van der Waals surface area contributed by atoms with E-state index in [9.17, 15) is 19.1 Å². The summed E-state index contributed by atoms with van der Waals surface area (Å²) in [4.78, 5) is 25.4. The normalized spacial score (nSPS) is 25.1. The molecule has 0 bridgehead atoms. The molecule has 7 heteroatoms. The van der Waals surface area contributed by atoms with Gasteiger partial charge in [0.2, 0.25) is 23.2 Å². The molecule has 22 heavy (non-hydrogen) atoms. The third kappa shape index (κ3) is 2.06. The molecule has 1 unspecified atom stereocenters. The second-order valence-electron chi connectivity index (χ2n) is 5.39. The van der Waals surface area contributed by atoms with E-state index >= 15 is 0 Å². The van der Waals surface area contributed by atoms with Gasteiger partial charge in [0.1, 0.15) is 5.82 Å². The fraction of sp³-hybridized carbons (Fsp3) is 0.333. The van der Waals surface area contributed by atoms with Crippen molar-refractivity contribution in [3.05, 3.63) is 46.2 Å².